The summed E-state index contributed by atoms with van der Waals surface area (Å²) >= 11 is 1.58. The second-order valence-electron chi connectivity index (χ2n) is 5.49. The van der Waals surface area contributed by atoms with E-state index in [1.165, 1.54) is 0 Å². The van der Waals surface area contributed by atoms with Crippen LogP contribution in [0.15, 0.2) is 17.6 Å². The molecular formula is C13H22N4O3S2. The van der Waals surface area contributed by atoms with Crippen molar-refractivity contribution in [2.45, 2.75) is 17.6 Å². The number of likely N-dealkylation sites (N-methyl/N-ethyl adjacent to an activating group) is 1. The summed E-state index contributed by atoms with van der Waals surface area (Å²) in [4.78, 5) is 17.9. The predicted octanol–water partition coefficient (Wildman–Crippen LogP) is -0.253. The monoisotopic (exact) mass is 346 g/mol. The fraction of sp³-hybridized carbons (Fsp3) is 0.692. The van der Waals surface area contributed by atoms with Gasteiger partial charge in [-0.1, -0.05) is 11.8 Å². The Morgan fingerprint density at radius 2 is 2.36 bits per heavy atom. The Labute approximate surface area is 135 Å². The van der Waals surface area contributed by atoms with Gasteiger partial charge in [0.05, 0.1) is 18.1 Å². The average molecular weight is 346 g/mol. The van der Waals surface area contributed by atoms with E-state index in [4.69, 9.17) is 0 Å². The molecule has 22 heavy (non-hydrogen) atoms. The van der Waals surface area contributed by atoms with E-state index in [0.717, 1.165) is 10.9 Å². The van der Waals surface area contributed by atoms with Crippen molar-refractivity contribution in [3.05, 3.63) is 12.4 Å². The first-order valence-corrected chi connectivity index (χ1v) is 9.95. The lowest BCUT2D eigenvalue weighted by molar-refractivity contribution is -0.122. The normalized spacial score (nSPS) is 20.4. The minimum atomic E-state index is -2.91. The number of amides is 1. The maximum absolute atomic E-state index is 11.9. The lowest BCUT2D eigenvalue weighted by atomic mass is 10.2. The zero-order valence-corrected chi connectivity index (χ0v) is 14.5. The summed E-state index contributed by atoms with van der Waals surface area (Å²) in [5, 5.41) is 3.77. The van der Waals surface area contributed by atoms with Crippen LogP contribution < -0.4 is 5.32 Å². The summed E-state index contributed by atoms with van der Waals surface area (Å²) in [7, 11) is 0.816. The van der Waals surface area contributed by atoms with E-state index >= 15 is 0 Å². The first kappa shape index (κ1) is 17.3. The highest BCUT2D eigenvalue weighted by molar-refractivity contribution is 7.99. The van der Waals surface area contributed by atoms with Gasteiger partial charge in [0, 0.05) is 37.8 Å². The smallest absolute Gasteiger partial charge is 0.234 e. The molecule has 1 aliphatic heterocycles. The fourth-order valence-corrected chi connectivity index (χ4v) is 4.95. The van der Waals surface area contributed by atoms with Crippen molar-refractivity contribution in [1.29, 1.82) is 0 Å². The molecule has 0 unspecified atom stereocenters. The van der Waals surface area contributed by atoms with Gasteiger partial charge >= 0.3 is 0 Å². The third kappa shape index (κ3) is 4.99. The second kappa shape index (κ2) is 7.47. The summed E-state index contributed by atoms with van der Waals surface area (Å²) in [6.07, 6.45) is 4.23. The molecule has 1 fully saturated rings. The van der Waals surface area contributed by atoms with Gasteiger partial charge in [0.25, 0.3) is 0 Å². The fourth-order valence-electron chi connectivity index (χ4n) is 2.36. The van der Waals surface area contributed by atoms with Crippen LogP contribution in [0, 0.1) is 0 Å². The summed E-state index contributed by atoms with van der Waals surface area (Å²) in [6, 6.07) is -0.0438. The van der Waals surface area contributed by atoms with E-state index in [2.05, 4.69) is 10.3 Å². The Morgan fingerprint density at radius 1 is 1.59 bits per heavy atom. The van der Waals surface area contributed by atoms with E-state index < -0.39 is 9.84 Å². The van der Waals surface area contributed by atoms with Gasteiger partial charge in [0.2, 0.25) is 5.91 Å². The zero-order chi connectivity index (χ0) is 16.2. The topological polar surface area (TPSA) is 84.3 Å². The molecule has 0 bridgehead atoms. The molecule has 1 amide bonds. The molecule has 1 aliphatic rings. The van der Waals surface area contributed by atoms with Gasteiger partial charge in [-0.25, -0.2) is 13.4 Å². The Hall–Kier alpha value is -1.06. The molecule has 1 aromatic heterocycles. The van der Waals surface area contributed by atoms with Crippen molar-refractivity contribution >= 4 is 27.5 Å². The molecule has 0 radical (unpaired) electrons. The first-order valence-electron chi connectivity index (χ1n) is 7.15. The van der Waals surface area contributed by atoms with Crippen LogP contribution in [-0.2, 0) is 21.7 Å². The van der Waals surface area contributed by atoms with E-state index in [1.54, 1.807) is 25.0 Å². The van der Waals surface area contributed by atoms with Gasteiger partial charge < -0.3 is 9.88 Å². The van der Waals surface area contributed by atoms with E-state index in [1.807, 2.05) is 22.7 Å². The molecular weight excluding hydrogens is 324 g/mol. The first-order chi connectivity index (χ1) is 10.4. The van der Waals surface area contributed by atoms with Gasteiger partial charge in [-0.05, 0) is 13.5 Å². The third-order valence-corrected chi connectivity index (χ3v) is 6.47. The van der Waals surface area contributed by atoms with Crippen LogP contribution in [0.4, 0.5) is 0 Å². The standard InChI is InChI=1S/C13H22N4O3S2/c1-16-6-4-15-13(16)21-7-5-14-12(18)9-17(2)11-3-8-22(19,20)10-11/h4,6,11H,3,5,7-10H2,1-2H3,(H,14,18)/t11-/m1/s1. The minimum absolute atomic E-state index is 0.0438. The minimum Gasteiger partial charge on any atom is -0.354 e. The van der Waals surface area contributed by atoms with Gasteiger partial charge in [0.1, 0.15) is 0 Å². The second-order valence-corrected chi connectivity index (χ2v) is 8.78. The van der Waals surface area contributed by atoms with Crippen LogP contribution >= 0.6 is 11.8 Å². The SMILES string of the molecule is CN(CC(=O)NCCSc1nccn1C)[C@@H]1CCS(=O)(=O)C1. The molecule has 0 aromatic carbocycles. The summed E-state index contributed by atoms with van der Waals surface area (Å²) in [5.74, 6) is 1.06. The summed E-state index contributed by atoms with van der Waals surface area (Å²) in [6.45, 7) is 0.792. The largest absolute Gasteiger partial charge is 0.354 e. The molecule has 2 rings (SSSR count). The van der Waals surface area contributed by atoms with Gasteiger partial charge in [-0.15, -0.1) is 0 Å². The number of sulfone groups is 1. The highest BCUT2D eigenvalue weighted by Crippen LogP contribution is 2.16. The molecule has 1 N–H and O–H groups in total. The number of imidazole rings is 1. The molecule has 1 aromatic rings. The lowest BCUT2D eigenvalue weighted by Gasteiger charge is -2.22. The molecule has 0 spiro atoms. The molecule has 0 saturated carbocycles. The molecule has 1 atom stereocenters. The average Bonchev–Trinajstić information content (AvgIpc) is 3.00. The number of aryl methyl sites for hydroxylation is 1. The third-order valence-electron chi connectivity index (χ3n) is 3.66. The van der Waals surface area contributed by atoms with Crippen molar-refractivity contribution < 1.29 is 13.2 Å². The Bertz CT molecular complexity index is 615. The highest BCUT2D eigenvalue weighted by Gasteiger charge is 2.31. The Balaban J connectivity index is 1.64. The summed E-state index contributed by atoms with van der Waals surface area (Å²) < 4.78 is 24.8. The molecule has 124 valence electrons. The van der Waals surface area contributed by atoms with Crippen LogP contribution in [0.1, 0.15) is 6.42 Å². The number of aromatic nitrogens is 2. The number of hydrogen-bond donors (Lipinski definition) is 1. The maximum Gasteiger partial charge on any atom is 0.234 e. The quantitative estimate of drug-likeness (QED) is 0.541. The molecule has 0 aliphatic carbocycles. The van der Waals surface area contributed by atoms with Crippen molar-refractivity contribution in [1.82, 2.24) is 19.8 Å². The summed E-state index contributed by atoms with van der Waals surface area (Å²) in [5.41, 5.74) is 0. The number of thioether (sulfide) groups is 1. The van der Waals surface area contributed by atoms with Crippen molar-refractivity contribution in [3.8, 4) is 0 Å². The Morgan fingerprint density at radius 3 is 2.95 bits per heavy atom. The van der Waals surface area contributed by atoms with Crippen LogP contribution in [0.5, 0.6) is 0 Å². The van der Waals surface area contributed by atoms with E-state index in [-0.39, 0.29) is 30.0 Å². The van der Waals surface area contributed by atoms with Gasteiger partial charge in [-0.2, -0.15) is 0 Å². The van der Waals surface area contributed by atoms with Gasteiger partial charge in [-0.3, -0.25) is 9.69 Å². The number of rotatable bonds is 7. The molecule has 7 nitrogen and oxygen atoms in total. The van der Waals surface area contributed by atoms with Crippen LogP contribution in [0.3, 0.4) is 0 Å². The van der Waals surface area contributed by atoms with Crippen LogP contribution in [0.25, 0.3) is 0 Å². The van der Waals surface area contributed by atoms with Crippen molar-refractivity contribution in [2.75, 3.05) is 37.4 Å². The van der Waals surface area contributed by atoms with Crippen LogP contribution in [0.2, 0.25) is 0 Å². The van der Waals surface area contributed by atoms with Gasteiger partial charge in [0.15, 0.2) is 15.0 Å². The number of carbonyl (C=O) groups is 1. The molecule has 2 heterocycles. The Kier molecular flexibility index (Phi) is 5.87. The lowest BCUT2D eigenvalue weighted by Crippen LogP contribution is -2.41. The molecule has 9 heteroatoms. The number of hydrogen-bond acceptors (Lipinski definition) is 6. The van der Waals surface area contributed by atoms with E-state index in [0.29, 0.717) is 13.0 Å². The molecule has 1 saturated heterocycles. The van der Waals surface area contributed by atoms with Crippen LogP contribution in [-0.4, -0.2) is 72.2 Å². The predicted molar refractivity (Wildman–Crippen MR) is 86.6 cm³/mol. The van der Waals surface area contributed by atoms with E-state index in [9.17, 15) is 13.2 Å². The highest BCUT2D eigenvalue weighted by atomic mass is 32.2. The number of nitrogens with zero attached hydrogens (tertiary/aromatic N) is 3. The van der Waals surface area contributed by atoms with Crippen molar-refractivity contribution in [3.63, 3.8) is 0 Å². The maximum atomic E-state index is 11.9. The van der Waals surface area contributed by atoms with Crippen molar-refractivity contribution in [2.24, 2.45) is 7.05 Å². The number of nitrogens with one attached hydrogen (secondary N) is 1. The zero-order valence-electron chi connectivity index (χ0n) is 12.9. The number of carbonyl (C=O) groups excluding carboxylic acids is 1.